The molecule has 0 spiro atoms. The number of hydrogen-bond donors (Lipinski definition) is 2. The Morgan fingerprint density at radius 2 is 1.64 bits per heavy atom. The van der Waals surface area contributed by atoms with Gasteiger partial charge in [0.05, 0.1) is 11.1 Å². The molecule has 0 aliphatic carbocycles. The first-order chi connectivity index (χ1) is 22.0. The van der Waals surface area contributed by atoms with E-state index in [9.17, 15) is 4.79 Å². The molecule has 45 heavy (non-hydrogen) atoms. The van der Waals surface area contributed by atoms with Gasteiger partial charge in [0, 0.05) is 49.6 Å². The first-order valence-corrected chi connectivity index (χ1v) is 15.5. The van der Waals surface area contributed by atoms with Crippen molar-refractivity contribution in [2.75, 3.05) is 13.1 Å². The van der Waals surface area contributed by atoms with Crippen molar-refractivity contribution in [3.63, 3.8) is 0 Å². The van der Waals surface area contributed by atoms with E-state index in [-0.39, 0.29) is 17.5 Å². The maximum Gasteiger partial charge on any atom is 0.274 e. The molecule has 2 aromatic heterocycles. The van der Waals surface area contributed by atoms with Gasteiger partial charge in [0.2, 0.25) is 0 Å². The lowest BCUT2D eigenvalue weighted by Gasteiger charge is -2.20. The number of pyridine rings is 1. The number of carbonyl (C=O) groups is 1. The van der Waals surface area contributed by atoms with Gasteiger partial charge >= 0.3 is 0 Å². The number of benzene rings is 3. The van der Waals surface area contributed by atoms with Gasteiger partial charge in [-0.1, -0.05) is 79.7 Å². The molecule has 1 aliphatic heterocycles. The third-order valence-electron chi connectivity index (χ3n) is 7.90. The van der Waals surface area contributed by atoms with Gasteiger partial charge in [0.15, 0.2) is 11.5 Å². The Hall–Kier alpha value is -4.95. The molecule has 0 fully saturated rings. The molecule has 0 unspecified atom stereocenters. The molecule has 3 aromatic carbocycles. The number of carbonyl (C=O) groups excluding carboxylic acids is 1. The van der Waals surface area contributed by atoms with Crippen LogP contribution in [0.4, 0.5) is 0 Å². The Labute approximate surface area is 263 Å². The Bertz CT molecular complexity index is 1770. The molecular weight excluding hydrogens is 564 g/mol. The number of aromatic nitrogens is 2. The van der Waals surface area contributed by atoms with Crippen molar-refractivity contribution in [1.29, 1.82) is 0 Å². The summed E-state index contributed by atoms with van der Waals surface area (Å²) >= 11 is 0. The highest BCUT2D eigenvalue weighted by Gasteiger charge is 2.29. The van der Waals surface area contributed by atoms with E-state index >= 15 is 0 Å². The van der Waals surface area contributed by atoms with E-state index in [0.717, 1.165) is 52.2 Å². The van der Waals surface area contributed by atoms with Gasteiger partial charge in [0.1, 0.15) is 24.7 Å². The Morgan fingerprint density at radius 1 is 0.956 bits per heavy atom. The van der Waals surface area contributed by atoms with E-state index in [4.69, 9.17) is 19.0 Å². The summed E-state index contributed by atoms with van der Waals surface area (Å²) in [6, 6.07) is 26.1. The standard InChI is InChI=1S/C37H38N4O4/c1-4-39-37(42)35-34(28-17-27-20-38-16-15-31(27)40-21-28)36(45-41-35)30-18-29(24(2)3)32(43-22-25-11-7-5-8-12-25)19-33(30)44-23-26-13-9-6-10-14-26/h5-14,17-19,21,24,38H,4,15-16,20,22-23H2,1-3H3,(H,39,42). The van der Waals surface area contributed by atoms with Crippen molar-refractivity contribution < 1.29 is 18.8 Å². The second kappa shape index (κ2) is 13.8. The van der Waals surface area contributed by atoms with Crippen LogP contribution in [0.5, 0.6) is 11.5 Å². The van der Waals surface area contributed by atoms with Gasteiger partial charge in [-0.3, -0.25) is 9.78 Å². The molecule has 0 saturated heterocycles. The molecule has 3 heterocycles. The predicted octanol–water partition coefficient (Wildman–Crippen LogP) is 7.08. The van der Waals surface area contributed by atoms with E-state index in [1.165, 1.54) is 0 Å². The maximum atomic E-state index is 13.3. The van der Waals surface area contributed by atoms with Crippen LogP contribution in [0.1, 0.15) is 65.1 Å². The van der Waals surface area contributed by atoms with Crippen molar-refractivity contribution in [1.82, 2.24) is 20.8 Å². The minimum Gasteiger partial charge on any atom is -0.488 e. The monoisotopic (exact) mass is 602 g/mol. The molecule has 8 heteroatoms. The third kappa shape index (κ3) is 6.76. The summed E-state index contributed by atoms with van der Waals surface area (Å²) in [6.45, 7) is 8.95. The number of amides is 1. The van der Waals surface area contributed by atoms with Crippen LogP contribution in [0.2, 0.25) is 0 Å². The lowest BCUT2D eigenvalue weighted by atomic mass is 9.93. The smallest absolute Gasteiger partial charge is 0.274 e. The average molecular weight is 603 g/mol. The first kappa shape index (κ1) is 30.1. The largest absolute Gasteiger partial charge is 0.488 e. The number of nitrogens with one attached hydrogen (secondary N) is 2. The second-order valence-corrected chi connectivity index (χ2v) is 11.4. The van der Waals surface area contributed by atoms with E-state index in [2.05, 4.69) is 35.7 Å². The normalized spacial score (nSPS) is 12.5. The zero-order valence-corrected chi connectivity index (χ0v) is 25.9. The Kier molecular flexibility index (Phi) is 9.22. The molecule has 8 nitrogen and oxygen atoms in total. The van der Waals surface area contributed by atoms with E-state index in [1.54, 1.807) is 0 Å². The zero-order valence-electron chi connectivity index (χ0n) is 25.9. The molecule has 0 radical (unpaired) electrons. The molecule has 2 N–H and O–H groups in total. The zero-order chi connectivity index (χ0) is 31.2. The molecular formula is C37H38N4O4. The quantitative estimate of drug-likeness (QED) is 0.167. The molecule has 0 saturated carbocycles. The number of nitrogens with zero attached hydrogens (tertiary/aromatic N) is 2. The highest BCUT2D eigenvalue weighted by Crippen LogP contribution is 2.44. The summed E-state index contributed by atoms with van der Waals surface area (Å²) < 4.78 is 19.0. The van der Waals surface area contributed by atoms with E-state index in [0.29, 0.717) is 48.9 Å². The van der Waals surface area contributed by atoms with Gasteiger partial charge in [-0.05, 0) is 47.2 Å². The topological polar surface area (TPSA) is 98.5 Å². The summed E-state index contributed by atoms with van der Waals surface area (Å²) in [4.78, 5) is 18.1. The van der Waals surface area contributed by atoms with E-state index < -0.39 is 0 Å². The summed E-state index contributed by atoms with van der Waals surface area (Å²) in [6.07, 6.45) is 2.67. The fourth-order valence-corrected chi connectivity index (χ4v) is 5.55. The highest BCUT2D eigenvalue weighted by atomic mass is 16.5. The van der Waals surface area contributed by atoms with Crippen molar-refractivity contribution in [3.8, 4) is 33.9 Å². The molecule has 1 amide bonds. The van der Waals surface area contributed by atoms with Crippen LogP contribution in [-0.2, 0) is 26.2 Å². The van der Waals surface area contributed by atoms with Crippen molar-refractivity contribution in [2.45, 2.75) is 52.9 Å². The lowest BCUT2D eigenvalue weighted by molar-refractivity contribution is 0.0947. The second-order valence-electron chi connectivity index (χ2n) is 11.4. The summed E-state index contributed by atoms with van der Waals surface area (Å²) in [5, 5.41) is 10.6. The van der Waals surface area contributed by atoms with Crippen LogP contribution in [-0.4, -0.2) is 29.1 Å². The summed E-state index contributed by atoms with van der Waals surface area (Å²) in [5.41, 5.74) is 7.49. The van der Waals surface area contributed by atoms with Crippen LogP contribution in [0.25, 0.3) is 22.5 Å². The molecule has 5 aromatic rings. The van der Waals surface area contributed by atoms with E-state index in [1.807, 2.05) is 85.9 Å². The lowest BCUT2D eigenvalue weighted by Crippen LogP contribution is -2.25. The molecule has 1 aliphatic rings. The number of hydrogen-bond acceptors (Lipinski definition) is 7. The fraction of sp³-hybridized carbons (Fsp3) is 0.270. The van der Waals surface area contributed by atoms with Gasteiger partial charge in [-0.25, -0.2) is 0 Å². The third-order valence-corrected chi connectivity index (χ3v) is 7.90. The van der Waals surface area contributed by atoms with Crippen LogP contribution in [0.15, 0.2) is 89.6 Å². The summed E-state index contributed by atoms with van der Waals surface area (Å²) in [7, 11) is 0. The van der Waals surface area contributed by atoms with Crippen LogP contribution in [0.3, 0.4) is 0 Å². The highest BCUT2D eigenvalue weighted by molar-refractivity contribution is 6.02. The maximum absolute atomic E-state index is 13.3. The van der Waals surface area contributed by atoms with Gasteiger partial charge < -0.3 is 24.6 Å². The number of rotatable bonds is 11. The number of ether oxygens (including phenoxy) is 2. The molecule has 0 bridgehead atoms. The van der Waals surface area contributed by atoms with Crippen LogP contribution < -0.4 is 20.1 Å². The summed E-state index contributed by atoms with van der Waals surface area (Å²) in [5.74, 6) is 1.56. The molecule has 230 valence electrons. The Morgan fingerprint density at radius 3 is 2.31 bits per heavy atom. The fourth-order valence-electron chi connectivity index (χ4n) is 5.55. The average Bonchev–Trinajstić information content (AvgIpc) is 3.52. The SMILES string of the molecule is CCNC(=O)c1noc(-c2cc(C(C)C)c(OCc3ccccc3)cc2OCc2ccccc2)c1-c1cnc2c(c1)CNCC2. The first-order valence-electron chi connectivity index (χ1n) is 15.5. The predicted molar refractivity (Wildman–Crippen MR) is 174 cm³/mol. The van der Waals surface area contributed by atoms with Crippen molar-refractivity contribution in [3.05, 3.63) is 119 Å². The van der Waals surface area contributed by atoms with Gasteiger partial charge in [-0.2, -0.15) is 0 Å². The Balaban J connectivity index is 1.49. The van der Waals surface area contributed by atoms with Crippen LogP contribution >= 0.6 is 0 Å². The minimum atomic E-state index is -0.308. The van der Waals surface area contributed by atoms with Gasteiger partial charge in [-0.15, -0.1) is 0 Å². The van der Waals surface area contributed by atoms with Crippen molar-refractivity contribution >= 4 is 5.91 Å². The molecule has 0 atom stereocenters. The molecule has 6 rings (SSSR count). The van der Waals surface area contributed by atoms with Crippen molar-refractivity contribution in [2.24, 2.45) is 0 Å². The minimum absolute atomic E-state index is 0.128. The number of fused-ring (bicyclic) bond motifs is 1. The van der Waals surface area contributed by atoms with Crippen LogP contribution in [0, 0.1) is 0 Å². The van der Waals surface area contributed by atoms with Gasteiger partial charge in [0.25, 0.3) is 5.91 Å².